The zero-order chi connectivity index (χ0) is 30.3. The standard InChI is InChI=1S/C31H28F4N4O4/c32-25-16-24-20(18-39(30(24)42)26-9-10-28(40)36-29(26)41)15-27(25)38-13-11-37(12-14-38)17-19-1-5-22(6-2-19)43-23-7-3-21(4-8-23)31(33,34)35/h1-8,15-16,26H,9-14,17-18H2,(H,36,40,41). The highest BCUT2D eigenvalue weighted by Crippen LogP contribution is 2.34. The van der Waals surface area contributed by atoms with Gasteiger partial charge in [-0.25, -0.2) is 4.39 Å². The minimum atomic E-state index is -4.40. The van der Waals surface area contributed by atoms with Crippen LogP contribution in [0.25, 0.3) is 0 Å². The molecule has 6 rings (SSSR count). The fourth-order valence-electron chi connectivity index (χ4n) is 5.73. The molecule has 3 heterocycles. The van der Waals surface area contributed by atoms with Gasteiger partial charge >= 0.3 is 6.18 Å². The number of imide groups is 1. The van der Waals surface area contributed by atoms with Gasteiger partial charge in [-0.3, -0.25) is 24.6 Å². The molecule has 1 unspecified atom stereocenters. The van der Waals surface area contributed by atoms with Gasteiger partial charge in [0, 0.05) is 51.3 Å². The number of hydrogen-bond acceptors (Lipinski definition) is 6. The number of benzene rings is 3. The van der Waals surface area contributed by atoms with Crippen molar-refractivity contribution in [3.63, 3.8) is 0 Å². The number of piperidine rings is 1. The fourth-order valence-corrected chi connectivity index (χ4v) is 5.73. The molecule has 3 amide bonds. The maximum Gasteiger partial charge on any atom is 0.416 e. The summed E-state index contributed by atoms with van der Waals surface area (Å²) in [5.41, 5.74) is 1.62. The molecule has 0 radical (unpaired) electrons. The highest BCUT2D eigenvalue weighted by Gasteiger charge is 2.40. The first-order valence-corrected chi connectivity index (χ1v) is 13.9. The van der Waals surface area contributed by atoms with Crippen LogP contribution in [-0.2, 0) is 28.9 Å². The maximum absolute atomic E-state index is 15.2. The predicted molar refractivity (Wildman–Crippen MR) is 148 cm³/mol. The molecule has 12 heteroatoms. The van der Waals surface area contributed by atoms with Crippen molar-refractivity contribution < 1.29 is 36.7 Å². The van der Waals surface area contributed by atoms with Crippen LogP contribution in [0.3, 0.4) is 0 Å². The molecule has 8 nitrogen and oxygen atoms in total. The van der Waals surface area contributed by atoms with Crippen molar-refractivity contribution in [1.29, 1.82) is 0 Å². The van der Waals surface area contributed by atoms with E-state index in [-0.39, 0.29) is 30.9 Å². The number of rotatable bonds is 6. The molecule has 0 spiro atoms. The smallest absolute Gasteiger partial charge is 0.416 e. The molecule has 0 aliphatic carbocycles. The number of fused-ring (bicyclic) bond motifs is 1. The largest absolute Gasteiger partial charge is 0.457 e. The van der Waals surface area contributed by atoms with Gasteiger partial charge in [-0.1, -0.05) is 12.1 Å². The minimum absolute atomic E-state index is 0.154. The Morgan fingerprint density at radius 1 is 0.884 bits per heavy atom. The summed E-state index contributed by atoms with van der Waals surface area (Å²) in [6.45, 7) is 3.37. The molecule has 3 aromatic rings. The third kappa shape index (κ3) is 6.05. The molecular weight excluding hydrogens is 568 g/mol. The Balaban J connectivity index is 1.03. The second-order valence-electron chi connectivity index (χ2n) is 10.9. The second-order valence-corrected chi connectivity index (χ2v) is 10.9. The van der Waals surface area contributed by atoms with Crippen LogP contribution < -0.4 is 15.0 Å². The molecule has 0 aromatic heterocycles. The van der Waals surface area contributed by atoms with Gasteiger partial charge in [0.1, 0.15) is 23.4 Å². The molecule has 0 bridgehead atoms. The summed E-state index contributed by atoms with van der Waals surface area (Å²) < 4.78 is 59.2. The summed E-state index contributed by atoms with van der Waals surface area (Å²) in [5.74, 6) is -0.945. The number of nitrogens with one attached hydrogen (secondary N) is 1. The lowest BCUT2D eigenvalue weighted by Crippen LogP contribution is -2.52. The lowest BCUT2D eigenvalue weighted by Gasteiger charge is -2.36. The third-order valence-corrected chi connectivity index (χ3v) is 8.05. The van der Waals surface area contributed by atoms with Gasteiger partial charge in [0.25, 0.3) is 5.91 Å². The number of piperazine rings is 1. The van der Waals surface area contributed by atoms with E-state index in [2.05, 4.69) is 10.2 Å². The highest BCUT2D eigenvalue weighted by molar-refractivity contribution is 6.05. The van der Waals surface area contributed by atoms with E-state index in [0.717, 1.165) is 17.7 Å². The molecule has 224 valence electrons. The Labute approximate surface area is 244 Å². The van der Waals surface area contributed by atoms with Crippen molar-refractivity contribution in [2.24, 2.45) is 0 Å². The predicted octanol–water partition coefficient (Wildman–Crippen LogP) is 4.72. The Hall–Kier alpha value is -4.45. The van der Waals surface area contributed by atoms with Gasteiger partial charge < -0.3 is 14.5 Å². The number of carbonyl (C=O) groups is 3. The number of ether oxygens (including phenoxy) is 1. The van der Waals surface area contributed by atoms with Crippen molar-refractivity contribution in [2.75, 3.05) is 31.1 Å². The maximum atomic E-state index is 15.2. The Morgan fingerprint density at radius 3 is 2.16 bits per heavy atom. The highest BCUT2D eigenvalue weighted by atomic mass is 19.4. The minimum Gasteiger partial charge on any atom is -0.457 e. The van der Waals surface area contributed by atoms with E-state index in [1.165, 1.54) is 23.1 Å². The molecule has 1 atom stereocenters. The Bertz CT molecular complexity index is 1550. The van der Waals surface area contributed by atoms with Crippen LogP contribution in [0.4, 0.5) is 23.2 Å². The molecular formula is C31H28F4N4O4. The number of anilines is 1. The van der Waals surface area contributed by atoms with E-state index < -0.39 is 35.4 Å². The van der Waals surface area contributed by atoms with E-state index in [4.69, 9.17) is 4.74 Å². The lowest BCUT2D eigenvalue weighted by molar-refractivity contribution is -0.138. The van der Waals surface area contributed by atoms with Crippen LogP contribution in [0.1, 0.15) is 39.9 Å². The SMILES string of the molecule is O=C1CCC(N2Cc3cc(N4CCN(Cc5ccc(Oc6ccc(C(F)(F)F)cc6)cc5)CC4)c(F)cc3C2=O)C(=O)N1. The summed E-state index contributed by atoms with van der Waals surface area (Å²) >= 11 is 0. The molecule has 3 aliphatic rings. The van der Waals surface area contributed by atoms with E-state index in [1.807, 2.05) is 17.0 Å². The van der Waals surface area contributed by atoms with Gasteiger partial charge in [-0.15, -0.1) is 0 Å². The van der Waals surface area contributed by atoms with Gasteiger partial charge in [-0.2, -0.15) is 13.2 Å². The first kappa shape index (κ1) is 28.7. The lowest BCUT2D eigenvalue weighted by atomic mass is 10.0. The first-order chi connectivity index (χ1) is 20.5. The van der Waals surface area contributed by atoms with Crippen molar-refractivity contribution in [3.8, 4) is 11.5 Å². The number of amides is 3. The van der Waals surface area contributed by atoms with E-state index in [9.17, 15) is 27.6 Å². The normalized spacial score (nSPS) is 19.4. The summed E-state index contributed by atoms with van der Waals surface area (Å²) in [7, 11) is 0. The number of nitrogens with zero attached hydrogens (tertiary/aromatic N) is 3. The number of carbonyl (C=O) groups excluding carboxylic acids is 3. The first-order valence-electron chi connectivity index (χ1n) is 13.9. The van der Waals surface area contributed by atoms with E-state index in [0.29, 0.717) is 55.5 Å². The number of halogens is 4. The molecule has 2 saturated heterocycles. The third-order valence-electron chi connectivity index (χ3n) is 8.05. The van der Waals surface area contributed by atoms with Crippen molar-refractivity contribution in [3.05, 3.63) is 88.7 Å². The monoisotopic (exact) mass is 596 g/mol. The second kappa shape index (κ2) is 11.3. The Kier molecular flexibility index (Phi) is 7.55. The zero-order valence-corrected chi connectivity index (χ0v) is 23.0. The molecule has 2 fully saturated rings. The zero-order valence-electron chi connectivity index (χ0n) is 23.0. The van der Waals surface area contributed by atoms with Crippen molar-refractivity contribution >= 4 is 23.4 Å². The fraction of sp³-hybridized carbons (Fsp3) is 0.323. The van der Waals surface area contributed by atoms with Crippen LogP contribution in [0.15, 0.2) is 60.7 Å². The summed E-state index contributed by atoms with van der Waals surface area (Å²) in [6, 6.07) is 14.1. The topological polar surface area (TPSA) is 82.2 Å². The number of alkyl halides is 3. The van der Waals surface area contributed by atoms with Crippen molar-refractivity contribution in [1.82, 2.24) is 15.1 Å². The number of hydrogen-bond donors (Lipinski definition) is 1. The van der Waals surface area contributed by atoms with Crippen LogP contribution in [0.2, 0.25) is 0 Å². The molecule has 3 aromatic carbocycles. The Morgan fingerprint density at radius 2 is 1.53 bits per heavy atom. The summed E-state index contributed by atoms with van der Waals surface area (Å²) in [5, 5.41) is 2.27. The summed E-state index contributed by atoms with van der Waals surface area (Å²) in [6.07, 6.45) is -4.00. The van der Waals surface area contributed by atoms with E-state index in [1.54, 1.807) is 18.2 Å². The van der Waals surface area contributed by atoms with Crippen LogP contribution in [0.5, 0.6) is 11.5 Å². The van der Waals surface area contributed by atoms with E-state index >= 15 is 4.39 Å². The van der Waals surface area contributed by atoms with Gasteiger partial charge in [0.2, 0.25) is 11.8 Å². The van der Waals surface area contributed by atoms with Gasteiger partial charge in [-0.05, 0) is 66.1 Å². The van der Waals surface area contributed by atoms with Gasteiger partial charge in [0.05, 0.1) is 11.3 Å². The molecule has 0 saturated carbocycles. The average molecular weight is 597 g/mol. The average Bonchev–Trinajstić information content (AvgIpc) is 3.28. The summed E-state index contributed by atoms with van der Waals surface area (Å²) in [4.78, 5) is 42.4. The van der Waals surface area contributed by atoms with Crippen LogP contribution in [0, 0.1) is 5.82 Å². The van der Waals surface area contributed by atoms with Crippen LogP contribution in [-0.4, -0.2) is 59.7 Å². The van der Waals surface area contributed by atoms with Crippen LogP contribution >= 0.6 is 0 Å². The quantitative estimate of drug-likeness (QED) is 0.328. The molecule has 3 aliphatic heterocycles. The van der Waals surface area contributed by atoms with Crippen molar-refractivity contribution in [2.45, 2.75) is 38.1 Å². The molecule has 1 N–H and O–H groups in total. The van der Waals surface area contributed by atoms with Gasteiger partial charge in [0.15, 0.2) is 0 Å². The molecule has 43 heavy (non-hydrogen) atoms.